The molecule has 0 aliphatic heterocycles. The summed E-state index contributed by atoms with van der Waals surface area (Å²) in [6, 6.07) is 5.14. The molecule has 2 heterocycles. The Balaban J connectivity index is 2.01. The monoisotopic (exact) mass is 328 g/mol. The number of primary amides is 1. The number of nitrogens with two attached hydrogens (primary N) is 1. The van der Waals surface area contributed by atoms with Gasteiger partial charge in [0.05, 0.1) is 11.7 Å². The summed E-state index contributed by atoms with van der Waals surface area (Å²) in [5.41, 5.74) is 6.26. The number of hydrogen-bond donors (Lipinski definition) is 2. The molecule has 24 heavy (non-hydrogen) atoms. The molecule has 0 atom stereocenters. The predicted molar refractivity (Wildman–Crippen MR) is 85.3 cm³/mol. The van der Waals surface area contributed by atoms with Gasteiger partial charge in [0.15, 0.2) is 5.69 Å². The van der Waals surface area contributed by atoms with Gasteiger partial charge < -0.3 is 10.5 Å². The molecule has 1 aromatic carbocycles. The van der Waals surface area contributed by atoms with Crippen molar-refractivity contribution in [3.05, 3.63) is 30.1 Å². The number of aromatic amines is 1. The van der Waals surface area contributed by atoms with Crippen molar-refractivity contribution in [3.63, 3.8) is 0 Å². The SMILES string of the molecule is CC(C)(C)OC(=O)n1ncc2cc(-c3n[nH]nc3C(N)=O)ccc21. The van der Waals surface area contributed by atoms with E-state index in [1.54, 1.807) is 39.0 Å². The van der Waals surface area contributed by atoms with Crippen molar-refractivity contribution in [2.75, 3.05) is 0 Å². The van der Waals surface area contributed by atoms with Gasteiger partial charge in [-0.15, -0.1) is 0 Å². The summed E-state index contributed by atoms with van der Waals surface area (Å²) in [6.07, 6.45) is 0.969. The molecule has 3 aromatic rings. The Morgan fingerprint density at radius 1 is 1.25 bits per heavy atom. The Labute approximate surface area is 136 Å². The lowest BCUT2D eigenvalue weighted by Gasteiger charge is -2.19. The first-order chi connectivity index (χ1) is 11.3. The van der Waals surface area contributed by atoms with Gasteiger partial charge >= 0.3 is 6.09 Å². The van der Waals surface area contributed by atoms with Gasteiger partial charge in [-0.1, -0.05) is 6.07 Å². The van der Waals surface area contributed by atoms with Crippen LogP contribution in [0.5, 0.6) is 0 Å². The summed E-state index contributed by atoms with van der Waals surface area (Å²) in [5.74, 6) is -0.678. The van der Waals surface area contributed by atoms with Gasteiger partial charge in [0.25, 0.3) is 5.91 Å². The smallest absolute Gasteiger partial charge is 0.435 e. The lowest BCUT2D eigenvalue weighted by Crippen LogP contribution is -2.27. The highest BCUT2D eigenvalue weighted by Crippen LogP contribution is 2.25. The van der Waals surface area contributed by atoms with E-state index >= 15 is 0 Å². The number of benzene rings is 1. The van der Waals surface area contributed by atoms with Crippen LogP contribution in [0.3, 0.4) is 0 Å². The van der Waals surface area contributed by atoms with Gasteiger partial charge in [-0.2, -0.15) is 25.2 Å². The number of nitrogens with zero attached hydrogens (tertiary/aromatic N) is 4. The van der Waals surface area contributed by atoms with Crippen LogP contribution in [0.25, 0.3) is 22.2 Å². The molecule has 124 valence electrons. The molecule has 0 saturated carbocycles. The first-order valence-electron chi connectivity index (χ1n) is 7.18. The summed E-state index contributed by atoms with van der Waals surface area (Å²) in [4.78, 5) is 23.6. The summed E-state index contributed by atoms with van der Waals surface area (Å²) < 4.78 is 6.50. The molecule has 9 nitrogen and oxygen atoms in total. The third-order valence-corrected chi connectivity index (χ3v) is 3.19. The largest absolute Gasteiger partial charge is 0.442 e. The lowest BCUT2D eigenvalue weighted by molar-refractivity contribution is 0.0522. The average molecular weight is 328 g/mol. The predicted octanol–water partition coefficient (Wildman–Crippen LogP) is 1.70. The summed E-state index contributed by atoms with van der Waals surface area (Å²) in [6.45, 7) is 5.35. The first kappa shape index (κ1) is 15.7. The number of hydrogen-bond acceptors (Lipinski definition) is 6. The van der Waals surface area contributed by atoms with Crippen molar-refractivity contribution in [2.45, 2.75) is 26.4 Å². The average Bonchev–Trinajstić information content (AvgIpc) is 3.11. The van der Waals surface area contributed by atoms with Crippen LogP contribution in [0.2, 0.25) is 0 Å². The van der Waals surface area contributed by atoms with Crippen molar-refractivity contribution in [2.24, 2.45) is 5.73 Å². The number of aromatic nitrogens is 5. The van der Waals surface area contributed by atoms with E-state index in [1.165, 1.54) is 10.9 Å². The molecule has 0 aliphatic rings. The first-order valence-corrected chi connectivity index (χ1v) is 7.18. The fourth-order valence-electron chi connectivity index (χ4n) is 2.23. The zero-order valence-corrected chi connectivity index (χ0v) is 13.4. The molecule has 3 rings (SSSR count). The van der Waals surface area contributed by atoms with Crippen LogP contribution in [0.15, 0.2) is 24.4 Å². The van der Waals surface area contributed by atoms with Gasteiger partial charge in [0, 0.05) is 10.9 Å². The molecule has 0 spiro atoms. The number of ether oxygens (including phenoxy) is 1. The maximum atomic E-state index is 12.2. The molecular weight excluding hydrogens is 312 g/mol. The summed E-state index contributed by atoms with van der Waals surface area (Å²) in [5, 5.41) is 14.8. The van der Waals surface area contributed by atoms with Gasteiger partial charge in [0.1, 0.15) is 11.3 Å². The fraction of sp³-hybridized carbons (Fsp3) is 0.267. The molecule has 0 fully saturated rings. The number of nitrogens with one attached hydrogen (secondary N) is 1. The zero-order chi connectivity index (χ0) is 17.5. The van der Waals surface area contributed by atoms with Gasteiger partial charge in [-0.3, -0.25) is 4.79 Å². The minimum atomic E-state index is -0.678. The Hall–Kier alpha value is -3.23. The van der Waals surface area contributed by atoms with E-state index in [-0.39, 0.29) is 5.69 Å². The minimum Gasteiger partial charge on any atom is -0.442 e. The topological polar surface area (TPSA) is 129 Å². The van der Waals surface area contributed by atoms with E-state index in [4.69, 9.17) is 10.5 Å². The standard InChI is InChI=1S/C15H16N6O3/c1-15(2,3)24-14(23)21-10-5-4-8(6-9(10)7-17-21)11-12(13(16)22)19-20-18-11/h4-7H,1-3H3,(H2,16,22)(H,18,19,20). The number of carbonyl (C=O) groups excluding carboxylic acids is 2. The Bertz CT molecular complexity index is 934. The maximum absolute atomic E-state index is 12.2. The van der Waals surface area contributed by atoms with Crippen LogP contribution in [0.1, 0.15) is 31.3 Å². The second-order valence-electron chi connectivity index (χ2n) is 6.20. The van der Waals surface area contributed by atoms with Crippen LogP contribution in [-0.2, 0) is 4.74 Å². The van der Waals surface area contributed by atoms with Crippen LogP contribution in [0, 0.1) is 0 Å². The third-order valence-electron chi connectivity index (χ3n) is 3.19. The van der Waals surface area contributed by atoms with E-state index in [9.17, 15) is 9.59 Å². The van der Waals surface area contributed by atoms with E-state index in [0.29, 0.717) is 22.2 Å². The van der Waals surface area contributed by atoms with E-state index in [1.807, 2.05) is 0 Å². The number of amides is 1. The molecule has 1 amide bonds. The maximum Gasteiger partial charge on any atom is 0.435 e. The molecule has 0 saturated heterocycles. The molecule has 0 radical (unpaired) electrons. The van der Waals surface area contributed by atoms with Crippen molar-refractivity contribution < 1.29 is 14.3 Å². The van der Waals surface area contributed by atoms with E-state index < -0.39 is 17.6 Å². The summed E-state index contributed by atoms with van der Waals surface area (Å²) >= 11 is 0. The highest BCUT2D eigenvalue weighted by atomic mass is 16.6. The normalized spacial score (nSPS) is 11.6. The summed E-state index contributed by atoms with van der Waals surface area (Å²) in [7, 11) is 0. The fourth-order valence-corrected chi connectivity index (χ4v) is 2.23. The highest BCUT2D eigenvalue weighted by molar-refractivity contribution is 5.98. The van der Waals surface area contributed by atoms with Gasteiger partial charge in [-0.25, -0.2) is 4.79 Å². The van der Waals surface area contributed by atoms with Gasteiger partial charge in [0.2, 0.25) is 0 Å². The van der Waals surface area contributed by atoms with Crippen LogP contribution < -0.4 is 5.73 Å². The highest BCUT2D eigenvalue weighted by Gasteiger charge is 2.21. The number of rotatable bonds is 2. The number of fused-ring (bicyclic) bond motifs is 1. The van der Waals surface area contributed by atoms with Crippen molar-refractivity contribution in [1.29, 1.82) is 0 Å². The zero-order valence-electron chi connectivity index (χ0n) is 13.4. The quantitative estimate of drug-likeness (QED) is 0.736. The second kappa shape index (κ2) is 5.44. The molecular formula is C15H16N6O3. The van der Waals surface area contributed by atoms with Crippen molar-refractivity contribution >= 4 is 22.9 Å². The van der Waals surface area contributed by atoms with Crippen molar-refractivity contribution in [3.8, 4) is 11.3 Å². The molecule has 0 unspecified atom stereocenters. The van der Waals surface area contributed by atoms with Crippen molar-refractivity contribution in [1.82, 2.24) is 25.2 Å². The number of carbonyl (C=O) groups is 2. The molecule has 0 bridgehead atoms. The second-order valence-corrected chi connectivity index (χ2v) is 6.20. The Morgan fingerprint density at radius 3 is 2.67 bits per heavy atom. The molecule has 9 heteroatoms. The molecule has 3 N–H and O–H groups in total. The third kappa shape index (κ3) is 2.83. The molecule has 2 aromatic heterocycles. The molecule has 0 aliphatic carbocycles. The van der Waals surface area contributed by atoms with Crippen LogP contribution >= 0.6 is 0 Å². The van der Waals surface area contributed by atoms with Crippen LogP contribution in [0.4, 0.5) is 4.79 Å². The number of H-pyrrole nitrogens is 1. The Morgan fingerprint density at radius 2 is 2.00 bits per heavy atom. The van der Waals surface area contributed by atoms with Gasteiger partial charge in [-0.05, 0) is 32.9 Å². The lowest BCUT2D eigenvalue weighted by atomic mass is 10.1. The van der Waals surface area contributed by atoms with Crippen LogP contribution in [-0.4, -0.2) is 42.8 Å². The Kier molecular flexibility index (Phi) is 3.55. The van der Waals surface area contributed by atoms with E-state index in [2.05, 4.69) is 20.5 Å². The van der Waals surface area contributed by atoms with E-state index in [0.717, 1.165) is 0 Å². The minimum absolute atomic E-state index is 0.0499.